The maximum Gasteiger partial charge on any atom is 0.341 e. The van der Waals surface area contributed by atoms with Crippen LogP contribution in [0.2, 0.25) is 0 Å². The summed E-state index contributed by atoms with van der Waals surface area (Å²) in [6.07, 6.45) is 1.26. The third kappa shape index (κ3) is 6.22. The molecule has 10 nitrogen and oxygen atoms in total. The predicted octanol–water partition coefficient (Wildman–Crippen LogP) is 1.71. The van der Waals surface area contributed by atoms with Gasteiger partial charge in [0.15, 0.2) is 5.78 Å². The molecular formula is C14H14N2O8. The highest BCUT2D eigenvalue weighted by Gasteiger charge is 2.17. The van der Waals surface area contributed by atoms with Crippen LogP contribution < -0.4 is 0 Å². The van der Waals surface area contributed by atoms with Crippen LogP contribution >= 0.6 is 0 Å². The van der Waals surface area contributed by atoms with Crippen molar-refractivity contribution in [1.29, 1.82) is 0 Å². The third-order valence-corrected chi connectivity index (χ3v) is 2.71. The van der Waals surface area contributed by atoms with Crippen molar-refractivity contribution in [1.82, 2.24) is 0 Å². The van der Waals surface area contributed by atoms with Gasteiger partial charge in [-0.15, -0.1) is 10.1 Å². The smallest absolute Gasteiger partial charge is 0.341 e. The van der Waals surface area contributed by atoms with Crippen LogP contribution in [0.3, 0.4) is 0 Å². The molecule has 0 radical (unpaired) electrons. The van der Waals surface area contributed by atoms with Gasteiger partial charge in [-0.05, 0) is 18.6 Å². The molecule has 0 aromatic heterocycles. The molecule has 0 aliphatic carbocycles. The van der Waals surface area contributed by atoms with E-state index in [1.54, 1.807) is 0 Å². The second-order valence-corrected chi connectivity index (χ2v) is 4.51. The summed E-state index contributed by atoms with van der Waals surface area (Å²) in [5, 5.41) is 19.7. The van der Waals surface area contributed by atoms with Gasteiger partial charge < -0.3 is 9.57 Å². The van der Waals surface area contributed by atoms with E-state index in [1.807, 2.05) is 0 Å². The number of carbonyl (C=O) groups is 2. The average molecular weight is 338 g/mol. The largest absolute Gasteiger partial charge is 0.462 e. The average Bonchev–Trinajstić information content (AvgIpc) is 2.51. The van der Waals surface area contributed by atoms with Crippen LogP contribution in [0.25, 0.3) is 6.08 Å². The number of hydrogen-bond donors (Lipinski definition) is 0. The maximum absolute atomic E-state index is 11.9. The molecule has 24 heavy (non-hydrogen) atoms. The van der Waals surface area contributed by atoms with Gasteiger partial charge in [-0.3, -0.25) is 14.9 Å². The SMILES string of the molecule is CC(=O)C(=Cc1cccc([N+](=O)[O-])c1)C(=O)OCCCO[N+](=O)[O-]. The summed E-state index contributed by atoms with van der Waals surface area (Å²) < 4.78 is 4.83. The van der Waals surface area contributed by atoms with Crippen LogP contribution in [0.15, 0.2) is 29.8 Å². The number of nitrogens with zero attached hydrogens (tertiary/aromatic N) is 2. The van der Waals surface area contributed by atoms with Gasteiger partial charge in [0.2, 0.25) is 0 Å². The van der Waals surface area contributed by atoms with E-state index in [4.69, 9.17) is 4.74 Å². The Balaban J connectivity index is 2.77. The van der Waals surface area contributed by atoms with Crippen LogP contribution in [0, 0.1) is 20.2 Å². The molecule has 0 amide bonds. The van der Waals surface area contributed by atoms with Crippen molar-refractivity contribution in [2.75, 3.05) is 13.2 Å². The summed E-state index contributed by atoms with van der Waals surface area (Å²) in [7, 11) is 0. The molecule has 128 valence electrons. The molecule has 0 bridgehead atoms. The first-order valence-corrected chi connectivity index (χ1v) is 6.72. The number of rotatable bonds is 9. The van der Waals surface area contributed by atoms with E-state index in [9.17, 15) is 29.8 Å². The molecule has 10 heteroatoms. The van der Waals surface area contributed by atoms with E-state index >= 15 is 0 Å². The lowest BCUT2D eigenvalue weighted by atomic mass is 10.1. The van der Waals surface area contributed by atoms with Crippen molar-refractivity contribution in [2.24, 2.45) is 0 Å². The summed E-state index contributed by atoms with van der Waals surface area (Å²) in [6.45, 7) is 0.733. The number of non-ortho nitro benzene ring substituents is 1. The monoisotopic (exact) mass is 338 g/mol. The van der Waals surface area contributed by atoms with Crippen molar-refractivity contribution >= 4 is 23.5 Å². The quantitative estimate of drug-likeness (QED) is 0.126. The fourth-order valence-corrected chi connectivity index (χ4v) is 1.64. The Morgan fingerprint density at radius 2 is 1.92 bits per heavy atom. The van der Waals surface area contributed by atoms with Crippen molar-refractivity contribution < 1.29 is 29.2 Å². The zero-order valence-corrected chi connectivity index (χ0v) is 12.7. The molecule has 1 aromatic rings. The van der Waals surface area contributed by atoms with E-state index in [2.05, 4.69) is 4.84 Å². The lowest BCUT2D eigenvalue weighted by Gasteiger charge is -2.06. The van der Waals surface area contributed by atoms with Crippen molar-refractivity contribution in [2.45, 2.75) is 13.3 Å². The third-order valence-electron chi connectivity index (χ3n) is 2.71. The summed E-state index contributed by atoms with van der Waals surface area (Å²) in [6, 6.07) is 5.40. The number of benzene rings is 1. The van der Waals surface area contributed by atoms with Crippen molar-refractivity contribution in [3.63, 3.8) is 0 Å². The summed E-state index contributed by atoms with van der Waals surface area (Å²) in [5.74, 6) is -1.50. The van der Waals surface area contributed by atoms with Crippen LogP contribution in [0.4, 0.5) is 5.69 Å². The summed E-state index contributed by atoms with van der Waals surface area (Å²) in [5.41, 5.74) is -0.175. The van der Waals surface area contributed by atoms with Gasteiger partial charge >= 0.3 is 5.97 Å². The molecule has 0 N–H and O–H groups in total. The topological polar surface area (TPSA) is 139 Å². The normalized spacial score (nSPS) is 10.8. The number of nitro benzene ring substituents is 1. The van der Waals surface area contributed by atoms with Gasteiger partial charge in [-0.25, -0.2) is 4.79 Å². The first kappa shape index (κ1) is 18.7. The Morgan fingerprint density at radius 3 is 2.50 bits per heavy atom. The first-order valence-electron chi connectivity index (χ1n) is 6.72. The minimum atomic E-state index is -0.967. The lowest BCUT2D eigenvalue weighted by Crippen LogP contribution is -2.15. The first-order chi connectivity index (χ1) is 11.3. The van der Waals surface area contributed by atoms with Gasteiger partial charge in [-0.2, -0.15) is 0 Å². The molecule has 0 heterocycles. The fourth-order valence-electron chi connectivity index (χ4n) is 1.64. The van der Waals surface area contributed by atoms with Gasteiger partial charge in [0.05, 0.1) is 18.1 Å². The molecule has 0 unspecified atom stereocenters. The van der Waals surface area contributed by atoms with Gasteiger partial charge in [0, 0.05) is 18.6 Å². The standard InChI is InChI=1S/C14H14N2O8/c1-10(17)13(14(18)23-6-3-7-24-16(21)22)9-11-4-2-5-12(8-11)15(19)20/h2,4-5,8-9H,3,6-7H2,1H3. The van der Waals surface area contributed by atoms with Crippen molar-refractivity contribution in [3.05, 3.63) is 55.6 Å². The molecule has 0 fully saturated rings. The molecule has 1 rings (SSSR count). The number of nitro groups is 1. The summed E-state index contributed by atoms with van der Waals surface area (Å²) in [4.78, 5) is 47.6. The number of ketones is 1. The Hall–Kier alpha value is -3.30. The van der Waals surface area contributed by atoms with E-state index in [0.29, 0.717) is 5.56 Å². The molecule has 0 saturated heterocycles. The lowest BCUT2D eigenvalue weighted by molar-refractivity contribution is -0.757. The van der Waals surface area contributed by atoms with Crippen LogP contribution in [-0.2, 0) is 19.2 Å². The molecule has 0 aliphatic heterocycles. The van der Waals surface area contributed by atoms with E-state index in [1.165, 1.54) is 30.3 Å². The van der Waals surface area contributed by atoms with E-state index in [0.717, 1.165) is 6.92 Å². The highest BCUT2D eigenvalue weighted by molar-refractivity contribution is 6.19. The van der Waals surface area contributed by atoms with Crippen LogP contribution in [-0.4, -0.2) is 35.0 Å². The predicted molar refractivity (Wildman–Crippen MR) is 80.3 cm³/mol. The number of esters is 1. The van der Waals surface area contributed by atoms with Gasteiger partial charge in [0.1, 0.15) is 5.57 Å². The Bertz CT molecular complexity index is 683. The molecule has 0 spiro atoms. The zero-order chi connectivity index (χ0) is 18.1. The molecule has 0 atom stereocenters. The van der Waals surface area contributed by atoms with Crippen LogP contribution in [0.5, 0.6) is 0 Å². The zero-order valence-electron chi connectivity index (χ0n) is 12.7. The second kappa shape index (κ2) is 8.98. The highest BCUT2D eigenvalue weighted by atomic mass is 16.9. The summed E-state index contributed by atoms with van der Waals surface area (Å²) >= 11 is 0. The Morgan fingerprint density at radius 1 is 1.21 bits per heavy atom. The minimum Gasteiger partial charge on any atom is -0.462 e. The number of hydrogen-bond acceptors (Lipinski definition) is 8. The second-order valence-electron chi connectivity index (χ2n) is 4.51. The molecule has 1 aromatic carbocycles. The fraction of sp³-hybridized carbons (Fsp3) is 0.286. The maximum atomic E-state index is 11.9. The number of carbonyl (C=O) groups excluding carboxylic acids is 2. The van der Waals surface area contributed by atoms with Crippen molar-refractivity contribution in [3.8, 4) is 0 Å². The minimum absolute atomic E-state index is 0.0781. The van der Waals surface area contributed by atoms with Gasteiger partial charge in [0.25, 0.3) is 10.8 Å². The van der Waals surface area contributed by atoms with E-state index in [-0.39, 0.29) is 30.9 Å². The molecule has 0 aliphatic rings. The molecular weight excluding hydrogens is 324 g/mol. The Labute approximate surface area is 135 Å². The van der Waals surface area contributed by atoms with Gasteiger partial charge in [-0.1, -0.05) is 12.1 Å². The number of ether oxygens (including phenoxy) is 1. The molecule has 0 saturated carbocycles. The highest BCUT2D eigenvalue weighted by Crippen LogP contribution is 2.16. The number of Topliss-reactive ketones (excluding diaryl/α,β-unsaturated/α-hetero) is 1. The van der Waals surface area contributed by atoms with Crippen LogP contribution in [0.1, 0.15) is 18.9 Å². The Kier molecular flexibility index (Phi) is 7.01. The van der Waals surface area contributed by atoms with E-state index < -0.39 is 21.8 Å².